The number of aromatic nitrogens is 2. The third-order valence-electron chi connectivity index (χ3n) is 3.75. The van der Waals surface area contributed by atoms with Gasteiger partial charge in [-0.3, -0.25) is 5.32 Å². The van der Waals surface area contributed by atoms with Crippen molar-refractivity contribution in [2.75, 3.05) is 0 Å². The number of nitrogens with one attached hydrogen (secondary N) is 1. The highest BCUT2D eigenvalue weighted by atomic mass is 35.5. The Hall–Kier alpha value is -1.88. The molecule has 0 aliphatic rings. The largest absolute Gasteiger partial charge is 0.419 e. The van der Waals surface area contributed by atoms with Crippen LogP contribution in [-0.2, 0) is 0 Å². The average Bonchev–Trinajstić information content (AvgIpc) is 3.05. The molecule has 0 saturated carbocycles. The Morgan fingerprint density at radius 2 is 1.75 bits per heavy atom. The molecule has 24 heavy (non-hydrogen) atoms. The normalized spacial score (nSPS) is 13.7. The topological polar surface area (TPSA) is 51.0 Å². The van der Waals surface area contributed by atoms with Gasteiger partial charge in [0.15, 0.2) is 0 Å². The van der Waals surface area contributed by atoms with E-state index in [1.165, 1.54) is 0 Å². The summed E-state index contributed by atoms with van der Waals surface area (Å²) in [7, 11) is 0. The van der Waals surface area contributed by atoms with Crippen LogP contribution in [0.3, 0.4) is 0 Å². The fraction of sp³-hybridized carbons (Fsp3) is 0.222. The van der Waals surface area contributed by atoms with E-state index in [0.717, 1.165) is 16.1 Å². The van der Waals surface area contributed by atoms with Crippen molar-refractivity contribution in [2.45, 2.75) is 25.9 Å². The molecule has 3 rings (SSSR count). The van der Waals surface area contributed by atoms with E-state index in [-0.39, 0.29) is 12.1 Å². The van der Waals surface area contributed by atoms with Gasteiger partial charge in [-0.15, -0.1) is 10.2 Å². The standard InChI is InChI=1S/C18H17Cl2N3O/c1-11(15-8-3-4-9-16(15)20)21-12(2)17-22-23-18(24-17)13-6-5-7-14(19)10-13/h3-12,21H,1-2H3/t11-,12-/m1/s1. The molecule has 4 nitrogen and oxygen atoms in total. The molecule has 1 N–H and O–H groups in total. The zero-order chi connectivity index (χ0) is 17.1. The van der Waals surface area contributed by atoms with Crippen molar-refractivity contribution in [3.8, 4) is 11.5 Å². The zero-order valence-electron chi connectivity index (χ0n) is 13.3. The van der Waals surface area contributed by atoms with Gasteiger partial charge >= 0.3 is 0 Å². The number of rotatable bonds is 5. The van der Waals surface area contributed by atoms with Gasteiger partial charge in [0.1, 0.15) is 0 Å². The van der Waals surface area contributed by atoms with Gasteiger partial charge in [0.25, 0.3) is 0 Å². The maximum absolute atomic E-state index is 6.24. The predicted molar refractivity (Wildman–Crippen MR) is 96.2 cm³/mol. The van der Waals surface area contributed by atoms with E-state index in [2.05, 4.69) is 15.5 Å². The molecule has 2 aromatic carbocycles. The Kier molecular flexibility index (Phi) is 5.19. The zero-order valence-corrected chi connectivity index (χ0v) is 14.8. The summed E-state index contributed by atoms with van der Waals surface area (Å²) < 4.78 is 5.78. The Labute approximate surface area is 150 Å². The Bertz CT molecular complexity index is 834. The summed E-state index contributed by atoms with van der Waals surface area (Å²) in [6, 6.07) is 15.0. The average molecular weight is 362 g/mol. The number of nitrogens with zero attached hydrogens (tertiary/aromatic N) is 2. The Balaban J connectivity index is 1.74. The summed E-state index contributed by atoms with van der Waals surface area (Å²) in [5.74, 6) is 0.968. The molecule has 0 saturated heterocycles. The second-order valence-electron chi connectivity index (χ2n) is 5.59. The van der Waals surface area contributed by atoms with E-state index in [0.29, 0.717) is 16.8 Å². The van der Waals surface area contributed by atoms with Crippen LogP contribution in [0.1, 0.15) is 37.4 Å². The Morgan fingerprint density at radius 1 is 0.958 bits per heavy atom. The molecule has 0 bridgehead atoms. The quantitative estimate of drug-likeness (QED) is 0.655. The van der Waals surface area contributed by atoms with E-state index >= 15 is 0 Å². The van der Waals surface area contributed by atoms with E-state index < -0.39 is 0 Å². The monoisotopic (exact) mass is 361 g/mol. The minimum atomic E-state index is -0.114. The van der Waals surface area contributed by atoms with Crippen LogP contribution in [0.4, 0.5) is 0 Å². The molecular weight excluding hydrogens is 345 g/mol. The SMILES string of the molecule is C[C@@H](N[C@H](C)c1ccccc1Cl)c1nnc(-c2cccc(Cl)c2)o1. The molecule has 0 aliphatic heterocycles. The van der Waals surface area contributed by atoms with Crippen LogP contribution in [-0.4, -0.2) is 10.2 Å². The first-order valence-corrected chi connectivity index (χ1v) is 8.40. The molecule has 0 spiro atoms. The highest BCUT2D eigenvalue weighted by molar-refractivity contribution is 6.31. The van der Waals surface area contributed by atoms with Crippen LogP contribution in [0.15, 0.2) is 52.9 Å². The number of halogens is 2. The predicted octanol–water partition coefficient (Wildman–Crippen LogP) is 5.46. The third kappa shape index (κ3) is 3.78. The molecule has 0 fully saturated rings. The summed E-state index contributed by atoms with van der Waals surface area (Å²) in [6.45, 7) is 4.02. The lowest BCUT2D eigenvalue weighted by Crippen LogP contribution is -2.23. The number of benzene rings is 2. The van der Waals surface area contributed by atoms with E-state index in [4.69, 9.17) is 27.6 Å². The second kappa shape index (κ2) is 7.34. The van der Waals surface area contributed by atoms with Gasteiger partial charge in [-0.1, -0.05) is 47.5 Å². The first-order chi connectivity index (χ1) is 11.5. The molecule has 0 amide bonds. The summed E-state index contributed by atoms with van der Waals surface area (Å²) >= 11 is 12.2. The summed E-state index contributed by atoms with van der Waals surface area (Å²) in [5.41, 5.74) is 1.83. The van der Waals surface area contributed by atoms with Crippen LogP contribution in [0.5, 0.6) is 0 Å². The summed E-state index contributed by atoms with van der Waals surface area (Å²) in [4.78, 5) is 0. The lowest BCUT2D eigenvalue weighted by atomic mass is 10.1. The molecule has 1 aromatic heterocycles. The summed E-state index contributed by atoms with van der Waals surface area (Å²) in [6.07, 6.45) is 0. The molecule has 124 valence electrons. The summed E-state index contributed by atoms with van der Waals surface area (Å²) in [5, 5.41) is 13.0. The molecular formula is C18H17Cl2N3O. The van der Waals surface area contributed by atoms with Gasteiger partial charge in [0.2, 0.25) is 11.8 Å². The highest BCUT2D eigenvalue weighted by Gasteiger charge is 2.18. The second-order valence-corrected chi connectivity index (χ2v) is 6.43. The van der Waals surface area contributed by atoms with Crippen LogP contribution < -0.4 is 5.32 Å². The molecule has 0 radical (unpaired) electrons. The van der Waals surface area contributed by atoms with Gasteiger partial charge in [-0.05, 0) is 43.7 Å². The van der Waals surface area contributed by atoms with E-state index in [1.807, 2.05) is 50.2 Å². The first kappa shape index (κ1) is 17.0. The maximum atomic E-state index is 6.24. The van der Waals surface area contributed by atoms with Gasteiger partial charge in [0.05, 0.1) is 6.04 Å². The van der Waals surface area contributed by atoms with E-state index in [1.54, 1.807) is 12.1 Å². The maximum Gasteiger partial charge on any atom is 0.247 e. The molecule has 3 aromatic rings. The van der Waals surface area contributed by atoms with Gasteiger partial charge in [0, 0.05) is 21.7 Å². The third-order valence-corrected chi connectivity index (χ3v) is 4.33. The van der Waals surface area contributed by atoms with Crippen LogP contribution in [0.2, 0.25) is 10.0 Å². The molecule has 1 heterocycles. The minimum absolute atomic E-state index is 0.0511. The fourth-order valence-electron chi connectivity index (χ4n) is 2.51. The molecule has 0 unspecified atom stereocenters. The van der Waals surface area contributed by atoms with Crippen molar-refractivity contribution in [3.63, 3.8) is 0 Å². The van der Waals surface area contributed by atoms with Crippen molar-refractivity contribution in [1.29, 1.82) is 0 Å². The number of hydrogen-bond acceptors (Lipinski definition) is 4. The van der Waals surface area contributed by atoms with Crippen molar-refractivity contribution in [3.05, 3.63) is 70.0 Å². The van der Waals surface area contributed by atoms with Gasteiger partial charge < -0.3 is 4.42 Å². The highest BCUT2D eigenvalue weighted by Crippen LogP contribution is 2.27. The van der Waals surface area contributed by atoms with Crippen LogP contribution in [0.25, 0.3) is 11.5 Å². The van der Waals surface area contributed by atoms with Crippen LogP contribution in [0, 0.1) is 0 Å². The van der Waals surface area contributed by atoms with E-state index in [9.17, 15) is 0 Å². The van der Waals surface area contributed by atoms with Crippen molar-refractivity contribution < 1.29 is 4.42 Å². The molecule has 6 heteroatoms. The fourth-order valence-corrected chi connectivity index (χ4v) is 3.00. The first-order valence-electron chi connectivity index (χ1n) is 7.64. The minimum Gasteiger partial charge on any atom is -0.419 e. The van der Waals surface area contributed by atoms with Crippen molar-refractivity contribution >= 4 is 23.2 Å². The lowest BCUT2D eigenvalue weighted by Gasteiger charge is -2.18. The van der Waals surface area contributed by atoms with Gasteiger partial charge in [-0.2, -0.15) is 0 Å². The van der Waals surface area contributed by atoms with Crippen molar-refractivity contribution in [2.24, 2.45) is 0 Å². The lowest BCUT2D eigenvalue weighted by molar-refractivity contribution is 0.395. The van der Waals surface area contributed by atoms with Crippen LogP contribution >= 0.6 is 23.2 Å². The molecule has 2 atom stereocenters. The Morgan fingerprint density at radius 3 is 2.50 bits per heavy atom. The molecule has 0 aliphatic carbocycles. The number of hydrogen-bond donors (Lipinski definition) is 1. The van der Waals surface area contributed by atoms with Gasteiger partial charge in [-0.25, -0.2) is 0 Å². The van der Waals surface area contributed by atoms with Crippen molar-refractivity contribution in [1.82, 2.24) is 15.5 Å². The smallest absolute Gasteiger partial charge is 0.247 e.